The third kappa shape index (κ3) is 5.45. The number of benzene rings is 3. The van der Waals surface area contributed by atoms with Crippen LogP contribution in [0.2, 0.25) is 0 Å². The number of para-hydroxylation sites is 1. The molecule has 1 fully saturated rings. The van der Waals surface area contributed by atoms with Crippen molar-refractivity contribution >= 4 is 11.5 Å². The zero-order valence-electron chi connectivity index (χ0n) is 18.9. The largest absolute Gasteiger partial charge is 0.872 e. The van der Waals surface area contributed by atoms with Gasteiger partial charge in [-0.2, -0.15) is 0 Å². The Morgan fingerprint density at radius 2 is 1.38 bits per heavy atom. The van der Waals surface area contributed by atoms with Crippen LogP contribution in [0.5, 0.6) is 5.75 Å². The first-order valence-electron chi connectivity index (χ1n) is 10.9. The minimum Gasteiger partial charge on any atom is -0.872 e. The summed E-state index contributed by atoms with van der Waals surface area (Å²) in [7, 11) is 2.25. The third-order valence-electron chi connectivity index (χ3n) is 6.21. The molecule has 1 aliphatic rings. The lowest BCUT2D eigenvalue weighted by Gasteiger charge is -2.39. The molecule has 1 aliphatic heterocycles. The van der Waals surface area contributed by atoms with E-state index in [1.165, 1.54) is 53.8 Å². The summed E-state index contributed by atoms with van der Waals surface area (Å²) in [5.74, 6) is -1.62. The molecule has 0 bridgehead atoms. The molecular weight excluding hydrogens is 398 g/mol. The molecule has 0 saturated carbocycles. The molecule has 166 valence electrons. The summed E-state index contributed by atoms with van der Waals surface area (Å²) in [5, 5.41) is 19.0. The van der Waals surface area contributed by atoms with Crippen LogP contribution in [0.1, 0.15) is 48.2 Å². The van der Waals surface area contributed by atoms with Gasteiger partial charge >= 0.3 is 5.97 Å². The second-order valence-corrected chi connectivity index (χ2v) is 8.16. The predicted octanol–water partition coefficient (Wildman–Crippen LogP) is 5.45. The number of likely N-dealkylation sites (tertiary alicyclic amines) is 1. The quantitative estimate of drug-likeness (QED) is 0.603. The number of carbonyl (C=O) groups is 1. The second-order valence-electron chi connectivity index (χ2n) is 8.16. The summed E-state index contributed by atoms with van der Waals surface area (Å²) in [5.41, 5.74) is 5.48. The van der Waals surface area contributed by atoms with Gasteiger partial charge < -0.3 is 10.2 Å². The number of hydrogen-bond acceptors (Lipinski definition) is 3. The van der Waals surface area contributed by atoms with E-state index in [9.17, 15) is 9.90 Å². The highest BCUT2D eigenvalue weighted by atomic mass is 16.4. The van der Waals surface area contributed by atoms with Crippen molar-refractivity contribution in [1.82, 2.24) is 4.90 Å². The summed E-state index contributed by atoms with van der Waals surface area (Å²) in [6.07, 6.45) is 2.42. The fourth-order valence-corrected chi connectivity index (χ4v) is 4.13. The van der Waals surface area contributed by atoms with E-state index in [1.807, 2.05) is 0 Å². The monoisotopic (exact) mass is 428 g/mol. The van der Waals surface area contributed by atoms with Crippen LogP contribution in [0, 0.1) is 0 Å². The van der Waals surface area contributed by atoms with Crippen molar-refractivity contribution in [2.24, 2.45) is 0 Å². The average Bonchev–Trinajstić information content (AvgIpc) is 2.81. The topological polar surface area (TPSA) is 63.6 Å². The maximum absolute atomic E-state index is 10.7. The number of carboxylic acids is 1. The summed E-state index contributed by atoms with van der Waals surface area (Å²) >= 11 is 0. The summed E-state index contributed by atoms with van der Waals surface area (Å²) in [6, 6.07) is 28.4. The molecule has 3 aromatic rings. The Hall–Kier alpha value is -3.37. The third-order valence-corrected chi connectivity index (χ3v) is 6.21. The lowest BCUT2D eigenvalue weighted by Crippen LogP contribution is -2.42. The average molecular weight is 429 g/mol. The van der Waals surface area contributed by atoms with Crippen molar-refractivity contribution in [2.75, 3.05) is 7.05 Å². The Morgan fingerprint density at radius 3 is 1.84 bits per heavy atom. The van der Waals surface area contributed by atoms with Crippen LogP contribution in [0.3, 0.4) is 0 Å². The molecule has 4 rings (SSSR count). The molecule has 2 unspecified atom stereocenters. The Morgan fingerprint density at radius 1 is 0.875 bits per heavy atom. The van der Waals surface area contributed by atoms with Gasteiger partial charge in [-0.1, -0.05) is 84.6 Å². The normalized spacial score (nSPS) is 18.4. The van der Waals surface area contributed by atoms with Crippen LogP contribution in [0.25, 0.3) is 5.57 Å². The molecule has 1 N–H and O–H groups in total. The molecule has 4 nitrogen and oxygen atoms in total. The highest BCUT2D eigenvalue weighted by Gasteiger charge is 2.28. The van der Waals surface area contributed by atoms with Gasteiger partial charge in [-0.05, 0) is 62.1 Å². The highest BCUT2D eigenvalue weighted by Crippen LogP contribution is 2.36. The first kappa shape index (κ1) is 23.3. The second kappa shape index (κ2) is 10.8. The minimum absolute atomic E-state index is 0.178. The molecule has 1 heterocycles. The Labute approximate surface area is 190 Å². The van der Waals surface area contributed by atoms with E-state index in [0.717, 1.165) is 0 Å². The van der Waals surface area contributed by atoms with Gasteiger partial charge in [0.15, 0.2) is 0 Å². The van der Waals surface area contributed by atoms with Crippen molar-refractivity contribution < 1.29 is 15.0 Å². The summed E-state index contributed by atoms with van der Waals surface area (Å²) in [4.78, 5) is 12.7. The smallest absolute Gasteiger partial charge is 0.335 e. The van der Waals surface area contributed by atoms with Crippen LogP contribution in [-0.4, -0.2) is 35.1 Å². The molecule has 4 heteroatoms. The van der Waals surface area contributed by atoms with E-state index in [-0.39, 0.29) is 5.56 Å². The van der Waals surface area contributed by atoms with Crippen molar-refractivity contribution in [3.8, 4) is 5.75 Å². The van der Waals surface area contributed by atoms with Crippen LogP contribution >= 0.6 is 0 Å². The van der Waals surface area contributed by atoms with Crippen LogP contribution in [0.15, 0.2) is 90.5 Å². The number of piperidine rings is 1. The Kier molecular flexibility index (Phi) is 7.85. The van der Waals surface area contributed by atoms with Gasteiger partial charge in [-0.3, -0.25) is 4.90 Å². The van der Waals surface area contributed by atoms with E-state index < -0.39 is 11.7 Å². The maximum atomic E-state index is 10.7. The Balaban J connectivity index is 0.000000243. The predicted molar refractivity (Wildman–Crippen MR) is 128 cm³/mol. The maximum Gasteiger partial charge on any atom is 0.335 e. The van der Waals surface area contributed by atoms with Crippen LogP contribution < -0.4 is 5.11 Å². The zero-order valence-corrected chi connectivity index (χ0v) is 18.9. The molecule has 0 aliphatic carbocycles. The van der Waals surface area contributed by atoms with Crippen LogP contribution in [-0.2, 0) is 0 Å². The van der Waals surface area contributed by atoms with Gasteiger partial charge in [0.2, 0.25) is 0 Å². The highest BCUT2D eigenvalue weighted by molar-refractivity contribution is 5.90. The number of hydrogen-bond donors (Lipinski definition) is 1. The Bertz CT molecular complexity index is 1020. The zero-order chi connectivity index (χ0) is 23.1. The first-order valence-corrected chi connectivity index (χ1v) is 10.9. The van der Waals surface area contributed by atoms with Gasteiger partial charge in [0, 0.05) is 12.1 Å². The number of rotatable bonds is 3. The molecule has 1 saturated heterocycles. The van der Waals surface area contributed by atoms with Crippen molar-refractivity contribution in [3.05, 3.63) is 107 Å². The fourth-order valence-electron chi connectivity index (χ4n) is 4.13. The van der Waals surface area contributed by atoms with Crippen molar-refractivity contribution in [1.29, 1.82) is 0 Å². The standard InChI is InChI=1S/C21H25N.C7H6O3/c1-16-14-15-20(17(2)22(16)3)21(18-10-6-4-7-11-18)19-12-8-5-9-13-19;8-6-4-2-1-3-5(6)7(9)10/h4-13,16-17H,14-15H2,1-3H3;1-4,8H,(H,9,10)/p-1. The summed E-state index contributed by atoms with van der Waals surface area (Å²) in [6.45, 7) is 4.68. The minimum atomic E-state index is -1.18. The molecule has 3 aromatic carbocycles. The number of likely N-dealkylation sites (N-methyl/N-ethyl adjacent to an activating group) is 1. The fraction of sp³-hybridized carbons (Fsp3) is 0.250. The molecule has 0 aromatic heterocycles. The number of carboxylic acid groups (broad SMARTS) is 1. The lowest BCUT2D eigenvalue weighted by molar-refractivity contribution is -0.268. The molecule has 0 radical (unpaired) electrons. The van der Waals surface area contributed by atoms with Crippen molar-refractivity contribution in [3.63, 3.8) is 0 Å². The van der Waals surface area contributed by atoms with Crippen molar-refractivity contribution in [2.45, 2.75) is 38.8 Å². The number of aromatic carboxylic acids is 1. The van der Waals surface area contributed by atoms with E-state index >= 15 is 0 Å². The number of nitrogens with zero attached hydrogens (tertiary/aromatic N) is 1. The van der Waals surface area contributed by atoms with Gasteiger partial charge in [0.1, 0.15) is 0 Å². The SMILES string of the molecule is CC1CCC(=C(c2ccccc2)c2ccccc2)C(C)N1C.O=C(O)c1ccccc1[O-]. The van der Waals surface area contributed by atoms with Crippen LogP contribution in [0.4, 0.5) is 0 Å². The molecule has 0 amide bonds. The summed E-state index contributed by atoms with van der Waals surface area (Å²) < 4.78 is 0. The molecule has 32 heavy (non-hydrogen) atoms. The first-order chi connectivity index (χ1) is 15.4. The van der Waals surface area contributed by atoms with Gasteiger partial charge in [0.25, 0.3) is 0 Å². The van der Waals surface area contributed by atoms with Gasteiger partial charge in [-0.15, -0.1) is 0 Å². The van der Waals surface area contributed by atoms with Gasteiger partial charge in [0.05, 0.1) is 5.56 Å². The molecular formula is C28H30NO3-. The van der Waals surface area contributed by atoms with E-state index in [0.29, 0.717) is 12.1 Å². The van der Waals surface area contributed by atoms with E-state index in [4.69, 9.17) is 5.11 Å². The lowest BCUT2D eigenvalue weighted by atomic mass is 9.84. The van der Waals surface area contributed by atoms with E-state index in [1.54, 1.807) is 5.57 Å². The molecule has 0 spiro atoms. The molecule has 2 atom stereocenters. The van der Waals surface area contributed by atoms with E-state index in [2.05, 4.69) is 86.5 Å². The van der Waals surface area contributed by atoms with Gasteiger partial charge in [-0.25, -0.2) is 4.79 Å².